The zero-order valence-corrected chi connectivity index (χ0v) is 26.7. The molecule has 0 saturated heterocycles. The molecule has 0 unspecified atom stereocenters. The summed E-state index contributed by atoms with van der Waals surface area (Å²) in [6.07, 6.45) is 0. The van der Waals surface area contributed by atoms with Crippen LogP contribution < -0.4 is 0 Å². The average Bonchev–Trinajstić information content (AvgIpc) is 3.69. The average molecular weight is 636 g/mol. The summed E-state index contributed by atoms with van der Waals surface area (Å²) < 4.78 is 4.37. The number of hydrogen-bond donors (Lipinski definition) is 0. The number of rotatable bonds is 4. The van der Waals surface area contributed by atoms with E-state index in [0.29, 0.717) is 16.7 Å². The van der Waals surface area contributed by atoms with Crippen molar-refractivity contribution in [3.05, 3.63) is 168 Å². The number of para-hydroxylation sites is 3. The van der Waals surface area contributed by atoms with Gasteiger partial charge in [-0.05, 0) is 77.4 Å². The molecule has 0 aliphatic carbocycles. The number of benzene rings is 7. The van der Waals surface area contributed by atoms with E-state index in [1.54, 1.807) is 0 Å². The Labute approximate surface area is 287 Å². The minimum atomic E-state index is 0.547. The normalized spacial score (nSPS) is 11.1. The maximum Gasteiger partial charge on any atom is 0.101 e. The molecular formula is C45H25N5. The summed E-state index contributed by atoms with van der Waals surface area (Å²) in [7, 11) is 0. The molecule has 0 radical (unpaired) electrons. The molecule has 7 aromatic carbocycles. The van der Waals surface area contributed by atoms with Crippen LogP contribution in [0, 0.1) is 34.0 Å². The summed E-state index contributed by atoms with van der Waals surface area (Å²) in [5.74, 6) is 0. The van der Waals surface area contributed by atoms with Crippen molar-refractivity contribution in [3.63, 3.8) is 0 Å². The Bertz CT molecular complexity index is 2920. The monoisotopic (exact) mass is 635 g/mol. The molecule has 0 N–H and O–H groups in total. The smallest absolute Gasteiger partial charge is 0.101 e. The van der Waals surface area contributed by atoms with Gasteiger partial charge in [0.1, 0.15) is 6.07 Å². The second kappa shape index (κ2) is 11.4. The molecule has 5 heteroatoms. The van der Waals surface area contributed by atoms with E-state index in [1.165, 1.54) is 0 Å². The van der Waals surface area contributed by atoms with Crippen LogP contribution in [0.5, 0.6) is 0 Å². The second-order valence-corrected chi connectivity index (χ2v) is 12.3. The van der Waals surface area contributed by atoms with Gasteiger partial charge in [-0.3, -0.25) is 0 Å². The molecular weight excluding hydrogens is 611 g/mol. The third-order valence-electron chi connectivity index (χ3n) is 9.65. The number of aromatic nitrogens is 2. The molecule has 0 amide bonds. The summed E-state index contributed by atoms with van der Waals surface area (Å²) in [5, 5.41) is 34.9. The van der Waals surface area contributed by atoms with Crippen LogP contribution in [0.2, 0.25) is 0 Å². The Balaban J connectivity index is 1.32. The Morgan fingerprint density at radius 2 is 0.940 bits per heavy atom. The van der Waals surface area contributed by atoms with E-state index < -0.39 is 0 Å². The van der Waals surface area contributed by atoms with Crippen molar-refractivity contribution in [2.75, 3.05) is 0 Å². The highest BCUT2D eigenvalue weighted by atomic mass is 15.0. The zero-order valence-electron chi connectivity index (χ0n) is 26.7. The Kier molecular flexibility index (Phi) is 6.56. The molecule has 2 aromatic heterocycles. The van der Waals surface area contributed by atoms with E-state index in [4.69, 9.17) is 0 Å². The van der Waals surface area contributed by atoms with Crippen molar-refractivity contribution in [1.82, 2.24) is 9.13 Å². The molecule has 50 heavy (non-hydrogen) atoms. The fraction of sp³-hybridized carbons (Fsp3) is 0. The summed E-state index contributed by atoms with van der Waals surface area (Å²) in [6.45, 7) is 0. The maximum atomic E-state index is 10.6. The van der Waals surface area contributed by atoms with E-state index in [9.17, 15) is 15.8 Å². The Morgan fingerprint density at radius 1 is 0.380 bits per heavy atom. The molecule has 0 saturated carbocycles. The van der Waals surface area contributed by atoms with Gasteiger partial charge in [0.2, 0.25) is 0 Å². The van der Waals surface area contributed by atoms with Crippen LogP contribution in [0.1, 0.15) is 16.7 Å². The lowest BCUT2D eigenvalue weighted by Crippen LogP contribution is -2.01. The van der Waals surface area contributed by atoms with Crippen molar-refractivity contribution in [2.45, 2.75) is 0 Å². The lowest BCUT2D eigenvalue weighted by atomic mass is 9.90. The van der Waals surface area contributed by atoms with Gasteiger partial charge < -0.3 is 9.13 Å². The van der Waals surface area contributed by atoms with Crippen molar-refractivity contribution in [1.29, 1.82) is 15.8 Å². The fourth-order valence-corrected chi connectivity index (χ4v) is 7.52. The molecule has 0 aliphatic rings. The first-order chi connectivity index (χ1) is 24.7. The van der Waals surface area contributed by atoms with Crippen molar-refractivity contribution in [3.8, 4) is 51.8 Å². The van der Waals surface area contributed by atoms with Crippen LogP contribution in [-0.4, -0.2) is 9.13 Å². The molecule has 9 rings (SSSR count). The summed E-state index contributed by atoms with van der Waals surface area (Å²) in [4.78, 5) is 0. The fourth-order valence-electron chi connectivity index (χ4n) is 7.52. The minimum Gasteiger partial charge on any atom is -0.309 e. The topological polar surface area (TPSA) is 81.2 Å². The number of hydrogen-bond acceptors (Lipinski definition) is 3. The second-order valence-electron chi connectivity index (χ2n) is 12.3. The predicted octanol–water partition coefficient (Wildman–Crippen LogP) is 10.8. The van der Waals surface area contributed by atoms with Gasteiger partial charge in [-0.15, -0.1) is 0 Å². The lowest BCUT2D eigenvalue weighted by Gasteiger charge is -2.19. The third kappa shape index (κ3) is 4.24. The maximum absolute atomic E-state index is 10.6. The summed E-state index contributed by atoms with van der Waals surface area (Å²) in [6, 6.07) is 57.7. The van der Waals surface area contributed by atoms with Crippen LogP contribution in [0.25, 0.3) is 77.2 Å². The summed E-state index contributed by atoms with van der Waals surface area (Å²) >= 11 is 0. The summed E-state index contributed by atoms with van der Waals surface area (Å²) in [5.41, 5.74) is 10.9. The minimum absolute atomic E-state index is 0.547. The Hall–Kier alpha value is -7.39. The van der Waals surface area contributed by atoms with Crippen LogP contribution in [0.15, 0.2) is 152 Å². The first kappa shape index (κ1) is 28.8. The standard InChI is InChI=1S/C45H25N5/c46-26-29-20-23-42-38(24-29)36-14-5-8-18-41(36)49(42)43-19-9-10-32(28-48)45(43)37-15-2-1-11-33(37)30-21-22-31(27-47)44(25-30)50-39-16-6-3-12-34(39)35-13-4-7-17-40(35)50/h1-25H. The van der Waals surface area contributed by atoms with E-state index in [1.807, 2.05) is 91.0 Å². The van der Waals surface area contributed by atoms with Gasteiger partial charge >= 0.3 is 0 Å². The largest absolute Gasteiger partial charge is 0.309 e. The van der Waals surface area contributed by atoms with E-state index >= 15 is 0 Å². The van der Waals surface area contributed by atoms with Gasteiger partial charge in [-0.2, -0.15) is 15.8 Å². The van der Waals surface area contributed by atoms with Gasteiger partial charge in [0.25, 0.3) is 0 Å². The first-order valence-corrected chi connectivity index (χ1v) is 16.3. The number of nitriles is 3. The highest BCUT2D eigenvalue weighted by molar-refractivity contribution is 6.11. The zero-order chi connectivity index (χ0) is 33.8. The van der Waals surface area contributed by atoms with Gasteiger partial charge in [-0.1, -0.05) is 91.0 Å². The highest BCUT2D eigenvalue weighted by Crippen LogP contribution is 2.42. The lowest BCUT2D eigenvalue weighted by molar-refractivity contribution is 1.17. The van der Waals surface area contributed by atoms with Crippen molar-refractivity contribution >= 4 is 43.6 Å². The quantitative estimate of drug-likeness (QED) is 0.193. The van der Waals surface area contributed by atoms with Crippen molar-refractivity contribution < 1.29 is 0 Å². The predicted molar refractivity (Wildman–Crippen MR) is 200 cm³/mol. The van der Waals surface area contributed by atoms with E-state index in [2.05, 4.69) is 88.0 Å². The van der Waals surface area contributed by atoms with Crippen LogP contribution >= 0.6 is 0 Å². The van der Waals surface area contributed by atoms with Gasteiger partial charge in [0.05, 0.1) is 62.3 Å². The molecule has 230 valence electrons. The number of fused-ring (bicyclic) bond motifs is 6. The highest BCUT2D eigenvalue weighted by Gasteiger charge is 2.22. The molecule has 5 nitrogen and oxygen atoms in total. The first-order valence-electron chi connectivity index (χ1n) is 16.3. The molecule has 0 bridgehead atoms. The Morgan fingerprint density at radius 3 is 1.58 bits per heavy atom. The third-order valence-corrected chi connectivity index (χ3v) is 9.65. The van der Waals surface area contributed by atoms with Crippen molar-refractivity contribution in [2.24, 2.45) is 0 Å². The van der Waals surface area contributed by atoms with Crippen LogP contribution in [0.4, 0.5) is 0 Å². The van der Waals surface area contributed by atoms with Gasteiger partial charge in [-0.25, -0.2) is 0 Å². The van der Waals surface area contributed by atoms with Crippen LogP contribution in [-0.2, 0) is 0 Å². The van der Waals surface area contributed by atoms with Gasteiger partial charge in [0, 0.05) is 27.1 Å². The molecule has 0 fully saturated rings. The van der Waals surface area contributed by atoms with Gasteiger partial charge in [0.15, 0.2) is 0 Å². The van der Waals surface area contributed by atoms with E-state index in [-0.39, 0.29) is 0 Å². The SMILES string of the molecule is N#Cc1ccc2c(c1)c1ccccc1n2-c1cccc(C#N)c1-c1ccccc1-c1ccc(C#N)c(-n2c3ccccc3c3ccccc32)c1. The molecule has 0 spiro atoms. The number of nitrogens with zero attached hydrogens (tertiary/aromatic N) is 5. The van der Waals surface area contributed by atoms with Crippen LogP contribution in [0.3, 0.4) is 0 Å². The molecule has 0 atom stereocenters. The molecule has 0 aliphatic heterocycles. The van der Waals surface area contributed by atoms with E-state index in [0.717, 1.165) is 77.2 Å². The molecule has 2 heterocycles. The molecule has 9 aromatic rings.